The van der Waals surface area contributed by atoms with Crippen LogP contribution in [0.2, 0.25) is 5.02 Å². The van der Waals surface area contributed by atoms with Gasteiger partial charge in [-0.2, -0.15) is 0 Å². The molecule has 0 fully saturated rings. The summed E-state index contributed by atoms with van der Waals surface area (Å²) in [6, 6.07) is 11.3. The average molecular weight is 482 g/mol. The van der Waals surface area contributed by atoms with Crippen molar-refractivity contribution in [3.8, 4) is 5.75 Å². The molecule has 0 spiro atoms. The molecule has 1 aromatic heterocycles. The summed E-state index contributed by atoms with van der Waals surface area (Å²) >= 11 is 7.18. The molecule has 0 aliphatic carbocycles. The van der Waals surface area contributed by atoms with Gasteiger partial charge >= 0.3 is 0 Å². The number of sulfone groups is 1. The molecule has 0 bridgehead atoms. The van der Waals surface area contributed by atoms with Crippen molar-refractivity contribution in [3.05, 3.63) is 47.5 Å². The molecule has 0 atom stereocenters. The van der Waals surface area contributed by atoms with Gasteiger partial charge in [0.25, 0.3) is 0 Å². The SMILES string of the molecule is CCOc1ccc2nc(N(CCN(C)C)C(=O)CS(=O)(=O)c3ccc(Cl)cc3)sc2c1. The van der Waals surface area contributed by atoms with Gasteiger partial charge in [0.1, 0.15) is 11.5 Å². The zero-order valence-electron chi connectivity index (χ0n) is 17.5. The van der Waals surface area contributed by atoms with E-state index in [0.717, 1.165) is 16.0 Å². The van der Waals surface area contributed by atoms with Crippen LogP contribution < -0.4 is 9.64 Å². The molecule has 0 N–H and O–H groups in total. The highest BCUT2D eigenvalue weighted by Gasteiger charge is 2.26. The number of carbonyl (C=O) groups is 1. The number of ether oxygens (including phenoxy) is 1. The first-order valence-corrected chi connectivity index (χ1v) is 12.5. The van der Waals surface area contributed by atoms with Crippen molar-refractivity contribution in [1.82, 2.24) is 9.88 Å². The molecule has 7 nitrogen and oxygen atoms in total. The van der Waals surface area contributed by atoms with Crippen molar-refractivity contribution in [3.63, 3.8) is 0 Å². The number of nitrogens with zero attached hydrogens (tertiary/aromatic N) is 3. The number of hydrogen-bond acceptors (Lipinski definition) is 7. The molecule has 1 heterocycles. The first-order valence-electron chi connectivity index (χ1n) is 9.66. The van der Waals surface area contributed by atoms with Crippen LogP contribution in [0.4, 0.5) is 5.13 Å². The first-order chi connectivity index (χ1) is 14.7. The van der Waals surface area contributed by atoms with Crippen molar-refractivity contribution in [2.75, 3.05) is 44.4 Å². The Hall–Kier alpha value is -2.20. The zero-order chi connectivity index (χ0) is 22.6. The lowest BCUT2D eigenvalue weighted by atomic mass is 10.3. The van der Waals surface area contributed by atoms with Gasteiger partial charge in [0.15, 0.2) is 15.0 Å². The lowest BCUT2D eigenvalue weighted by Crippen LogP contribution is -2.40. The van der Waals surface area contributed by atoms with Crippen LogP contribution in [0.1, 0.15) is 6.92 Å². The number of hydrogen-bond donors (Lipinski definition) is 0. The molecule has 166 valence electrons. The number of carbonyl (C=O) groups excluding carboxylic acids is 1. The molecule has 31 heavy (non-hydrogen) atoms. The molecule has 0 unspecified atom stereocenters. The maximum absolute atomic E-state index is 13.1. The topological polar surface area (TPSA) is 79.8 Å². The molecule has 10 heteroatoms. The van der Waals surface area contributed by atoms with E-state index in [9.17, 15) is 13.2 Å². The molecule has 3 rings (SSSR count). The maximum Gasteiger partial charge on any atom is 0.244 e. The molecule has 0 saturated heterocycles. The van der Waals surface area contributed by atoms with E-state index in [-0.39, 0.29) is 4.90 Å². The Balaban J connectivity index is 1.90. The fourth-order valence-electron chi connectivity index (χ4n) is 2.86. The minimum Gasteiger partial charge on any atom is -0.494 e. The quantitative estimate of drug-likeness (QED) is 0.463. The van der Waals surface area contributed by atoms with Crippen molar-refractivity contribution < 1.29 is 17.9 Å². The van der Waals surface area contributed by atoms with E-state index >= 15 is 0 Å². The van der Waals surface area contributed by atoms with E-state index in [1.54, 1.807) is 0 Å². The Bertz CT molecular complexity index is 1160. The van der Waals surface area contributed by atoms with Crippen molar-refractivity contribution in [2.24, 2.45) is 0 Å². The van der Waals surface area contributed by atoms with E-state index in [0.29, 0.717) is 29.9 Å². The predicted molar refractivity (Wildman–Crippen MR) is 125 cm³/mol. The summed E-state index contributed by atoms with van der Waals surface area (Å²) in [5.74, 6) is -0.454. The molecule has 0 radical (unpaired) electrons. The van der Waals surface area contributed by atoms with Crippen LogP contribution in [-0.2, 0) is 14.6 Å². The van der Waals surface area contributed by atoms with Crippen LogP contribution in [0.3, 0.4) is 0 Å². The summed E-state index contributed by atoms with van der Waals surface area (Å²) in [7, 11) is -0.0412. The second-order valence-corrected chi connectivity index (χ2v) is 10.6. The van der Waals surface area contributed by atoms with E-state index in [1.807, 2.05) is 44.1 Å². The van der Waals surface area contributed by atoms with Gasteiger partial charge in [-0.1, -0.05) is 22.9 Å². The summed E-state index contributed by atoms with van der Waals surface area (Å²) < 4.78 is 32.0. The van der Waals surface area contributed by atoms with Crippen molar-refractivity contribution >= 4 is 54.0 Å². The number of halogens is 1. The van der Waals surface area contributed by atoms with Crippen LogP contribution in [0, 0.1) is 0 Å². The van der Waals surface area contributed by atoms with E-state index in [1.165, 1.54) is 40.5 Å². The molecule has 3 aromatic rings. The highest BCUT2D eigenvalue weighted by molar-refractivity contribution is 7.92. The van der Waals surface area contributed by atoms with Crippen LogP contribution in [0.25, 0.3) is 10.2 Å². The van der Waals surface area contributed by atoms with Gasteiger partial charge in [-0.3, -0.25) is 9.69 Å². The lowest BCUT2D eigenvalue weighted by Gasteiger charge is -2.22. The molecular weight excluding hydrogens is 458 g/mol. The van der Waals surface area contributed by atoms with Gasteiger partial charge < -0.3 is 9.64 Å². The normalized spacial score (nSPS) is 11.8. The third-order valence-electron chi connectivity index (χ3n) is 4.45. The second-order valence-electron chi connectivity index (χ2n) is 7.12. The number of rotatable bonds is 9. The Morgan fingerprint density at radius 1 is 1.13 bits per heavy atom. The summed E-state index contributed by atoms with van der Waals surface area (Å²) in [5, 5.41) is 0.889. The predicted octanol–water partition coefficient (Wildman–Crippen LogP) is 3.72. The summed E-state index contributed by atoms with van der Waals surface area (Å²) in [6.07, 6.45) is 0. The molecule has 0 aliphatic rings. The number of benzene rings is 2. The molecular formula is C21H24ClN3O4S2. The number of aromatic nitrogens is 1. The van der Waals surface area contributed by atoms with Gasteiger partial charge in [0, 0.05) is 18.1 Å². The summed E-state index contributed by atoms with van der Waals surface area (Å²) in [5.41, 5.74) is 0.728. The fourth-order valence-corrected chi connectivity index (χ4v) is 5.22. The van der Waals surface area contributed by atoms with Crippen LogP contribution in [-0.4, -0.2) is 63.8 Å². The number of anilines is 1. The molecule has 0 saturated carbocycles. The molecule has 1 amide bonds. The number of thiazole rings is 1. The second kappa shape index (κ2) is 9.95. The van der Waals surface area contributed by atoms with Gasteiger partial charge in [-0.05, 0) is 63.5 Å². The molecule has 2 aromatic carbocycles. The highest BCUT2D eigenvalue weighted by atomic mass is 35.5. The Morgan fingerprint density at radius 2 is 1.84 bits per heavy atom. The summed E-state index contributed by atoms with van der Waals surface area (Å²) in [4.78, 5) is 21.1. The fraction of sp³-hybridized carbons (Fsp3) is 0.333. The van der Waals surface area contributed by atoms with E-state index in [4.69, 9.17) is 16.3 Å². The van der Waals surface area contributed by atoms with E-state index in [2.05, 4.69) is 4.98 Å². The minimum atomic E-state index is -3.82. The number of fused-ring (bicyclic) bond motifs is 1. The maximum atomic E-state index is 13.1. The monoisotopic (exact) mass is 481 g/mol. The Morgan fingerprint density at radius 3 is 2.48 bits per heavy atom. The smallest absolute Gasteiger partial charge is 0.244 e. The third-order valence-corrected chi connectivity index (χ3v) is 7.36. The van der Waals surface area contributed by atoms with Crippen molar-refractivity contribution in [1.29, 1.82) is 0 Å². The van der Waals surface area contributed by atoms with Gasteiger partial charge in [0.2, 0.25) is 5.91 Å². The Labute approximate surface area is 191 Å². The lowest BCUT2D eigenvalue weighted by molar-refractivity contribution is -0.116. The third kappa shape index (κ3) is 5.94. The number of likely N-dealkylation sites (N-methyl/N-ethyl adjacent to an activating group) is 1. The van der Waals surface area contributed by atoms with Gasteiger partial charge in [0.05, 0.1) is 21.7 Å². The van der Waals surface area contributed by atoms with Gasteiger partial charge in [-0.15, -0.1) is 0 Å². The standard InChI is InChI=1S/C21H24ClN3O4S2/c1-4-29-16-7-10-18-19(13-16)30-21(23-18)25(12-11-24(2)3)20(26)14-31(27,28)17-8-5-15(22)6-9-17/h5-10,13H,4,11-12,14H2,1-3H3. The van der Waals surface area contributed by atoms with Crippen LogP contribution in [0.5, 0.6) is 5.75 Å². The van der Waals surface area contributed by atoms with E-state index < -0.39 is 21.5 Å². The molecule has 0 aliphatic heterocycles. The first kappa shape index (κ1) is 23.5. The minimum absolute atomic E-state index is 0.0588. The largest absolute Gasteiger partial charge is 0.494 e. The number of amides is 1. The zero-order valence-corrected chi connectivity index (χ0v) is 19.9. The highest BCUT2D eigenvalue weighted by Crippen LogP contribution is 2.32. The van der Waals surface area contributed by atoms with Crippen LogP contribution >= 0.6 is 22.9 Å². The van der Waals surface area contributed by atoms with Crippen molar-refractivity contribution in [2.45, 2.75) is 11.8 Å². The summed E-state index contributed by atoms with van der Waals surface area (Å²) in [6.45, 7) is 3.34. The average Bonchev–Trinajstić information content (AvgIpc) is 3.11. The Kier molecular flexibility index (Phi) is 7.53. The van der Waals surface area contributed by atoms with Crippen LogP contribution in [0.15, 0.2) is 47.4 Å². The van der Waals surface area contributed by atoms with Gasteiger partial charge in [-0.25, -0.2) is 13.4 Å².